The topological polar surface area (TPSA) is 53.6 Å². The predicted molar refractivity (Wildman–Crippen MR) is 79.2 cm³/mol. The van der Waals surface area contributed by atoms with Crippen molar-refractivity contribution < 1.29 is 0 Å². The van der Waals surface area contributed by atoms with Crippen molar-refractivity contribution in [1.82, 2.24) is 20.7 Å². The van der Waals surface area contributed by atoms with E-state index in [1.807, 2.05) is 6.07 Å². The average molecular weight is 260 g/mol. The van der Waals surface area contributed by atoms with E-state index in [9.17, 15) is 0 Å². The maximum atomic E-state index is 4.13. The Labute approximate surface area is 115 Å². The minimum Gasteiger partial charge on any atom is -0.316 e. The lowest BCUT2D eigenvalue weighted by atomic mass is 10.1. The highest BCUT2D eigenvalue weighted by atomic mass is 15.3. The molecular weight excluding hydrogens is 236 g/mol. The molecule has 1 aromatic heterocycles. The van der Waals surface area contributed by atoms with E-state index >= 15 is 0 Å². The molecule has 4 heteroatoms. The number of nitrogens with one attached hydrogen (secondary N) is 2. The fourth-order valence-electron chi connectivity index (χ4n) is 2.33. The van der Waals surface area contributed by atoms with Gasteiger partial charge in [0.2, 0.25) is 0 Å². The van der Waals surface area contributed by atoms with Crippen molar-refractivity contribution in [3.63, 3.8) is 0 Å². The van der Waals surface area contributed by atoms with Crippen LogP contribution < -0.4 is 5.32 Å². The van der Waals surface area contributed by atoms with Gasteiger partial charge in [-0.05, 0) is 37.6 Å². The Bertz CT molecular complexity index is 478. The van der Waals surface area contributed by atoms with Crippen LogP contribution in [0.1, 0.15) is 44.6 Å². The molecule has 2 N–H and O–H groups in total. The van der Waals surface area contributed by atoms with Crippen LogP contribution in [0.4, 0.5) is 0 Å². The maximum Gasteiger partial charge on any atom is 0.116 e. The molecular formula is C15H24N4. The standard InChI is InChI=1S/C15H24N4/c1-2-3-4-5-6-11-16-12-10-13-8-7-9-14-15(13)18-19-17-14/h7-9,16H,2-6,10-12H2,1H3,(H,17,18,19). The molecule has 0 saturated heterocycles. The summed E-state index contributed by atoms with van der Waals surface area (Å²) in [7, 11) is 0. The van der Waals surface area contributed by atoms with Gasteiger partial charge < -0.3 is 5.32 Å². The van der Waals surface area contributed by atoms with E-state index in [0.29, 0.717) is 0 Å². The molecule has 0 aliphatic rings. The summed E-state index contributed by atoms with van der Waals surface area (Å²) in [5, 5.41) is 14.4. The summed E-state index contributed by atoms with van der Waals surface area (Å²) in [5.74, 6) is 0. The van der Waals surface area contributed by atoms with Crippen molar-refractivity contribution in [2.24, 2.45) is 0 Å². The van der Waals surface area contributed by atoms with Crippen LogP contribution in [-0.4, -0.2) is 28.5 Å². The number of benzene rings is 1. The molecule has 2 rings (SSSR count). The monoisotopic (exact) mass is 260 g/mol. The quantitative estimate of drug-likeness (QED) is 0.681. The minimum absolute atomic E-state index is 1.01. The summed E-state index contributed by atoms with van der Waals surface area (Å²) in [5.41, 5.74) is 3.30. The smallest absolute Gasteiger partial charge is 0.116 e. The molecule has 19 heavy (non-hydrogen) atoms. The number of rotatable bonds is 9. The minimum atomic E-state index is 1.01. The van der Waals surface area contributed by atoms with Crippen molar-refractivity contribution >= 4 is 11.0 Å². The van der Waals surface area contributed by atoms with Gasteiger partial charge in [-0.15, -0.1) is 5.10 Å². The Morgan fingerprint density at radius 3 is 2.89 bits per heavy atom. The van der Waals surface area contributed by atoms with Crippen molar-refractivity contribution in [2.45, 2.75) is 45.4 Å². The van der Waals surface area contributed by atoms with E-state index in [4.69, 9.17) is 0 Å². The van der Waals surface area contributed by atoms with Crippen molar-refractivity contribution in [3.05, 3.63) is 23.8 Å². The highest BCUT2D eigenvalue weighted by Gasteiger charge is 2.03. The van der Waals surface area contributed by atoms with Crippen LogP contribution in [0.3, 0.4) is 0 Å². The van der Waals surface area contributed by atoms with Gasteiger partial charge >= 0.3 is 0 Å². The number of hydrogen-bond acceptors (Lipinski definition) is 3. The van der Waals surface area contributed by atoms with Gasteiger partial charge in [0.25, 0.3) is 0 Å². The van der Waals surface area contributed by atoms with Gasteiger partial charge in [0.15, 0.2) is 0 Å². The normalized spacial score (nSPS) is 11.2. The molecule has 0 amide bonds. The Balaban J connectivity index is 1.64. The Morgan fingerprint density at radius 2 is 2.00 bits per heavy atom. The molecule has 0 saturated carbocycles. The molecule has 0 unspecified atom stereocenters. The van der Waals surface area contributed by atoms with E-state index in [0.717, 1.165) is 30.5 Å². The van der Waals surface area contributed by atoms with Crippen LogP contribution in [-0.2, 0) is 6.42 Å². The van der Waals surface area contributed by atoms with Gasteiger partial charge in [0, 0.05) is 0 Å². The second kappa shape index (κ2) is 7.89. The first-order valence-corrected chi connectivity index (χ1v) is 7.41. The fraction of sp³-hybridized carbons (Fsp3) is 0.600. The number of unbranched alkanes of at least 4 members (excludes halogenated alkanes) is 4. The third kappa shape index (κ3) is 4.31. The third-order valence-corrected chi connectivity index (χ3v) is 3.47. The van der Waals surface area contributed by atoms with Crippen LogP contribution in [0.2, 0.25) is 0 Å². The largest absolute Gasteiger partial charge is 0.316 e. The van der Waals surface area contributed by atoms with Gasteiger partial charge in [0.05, 0.1) is 5.52 Å². The second-order valence-corrected chi connectivity index (χ2v) is 5.04. The first-order valence-electron chi connectivity index (χ1n) is 7.41. The summed E-state index contributed by atoms with van der Waals surface area (Å²) >= 11 is 0. The molecule has 104 valence electrons. The first kappa shape index (κ1) is 14.0. The molecule has 1 heterocycles. The van der Waals surface area contributed by atoms with Crippen molar-refractivity contribution in [3.8, 4) is 0 Å². The zero-order valence-electron chi connectivity index (χ0n) is 11.8. The Kier molecular flexibility index (Phi) is 5.82. The molecule has 2 aromatic rings. The molecule has 0 bridgehead atoms. The molecule has 0 radical (unpaired) electrons. The number of aromatic amines is 1. The summed E-state index contributed by atoms with van der Waals surface area (Å²) < 4.78 is 0. The molecule has 0 aliphatic carbocycles. The van der Waals surface area contributed by atoms with E-state index in [1.165, 1.54) is 37.7 Å². The van der Waals surface area contributed by atoms with Crippen LogP contribution in [0.25, 0.3) is 11.0 Å². The number of fused-ring (bicyclic) bond motifs is 1. The van der Waals surface area contributed by atoms with Crippen molar-refractivity contribution in [1.29, 1.82) is 0 Å². The van der Waals surface area contributed by atoms with Crippen molar-refractivity contribution in [2.75, 3.05) is 13.1 Å². The number of nitrogens with zero attached hydrogens (tertiary/aromatic N) is 2. The zero-order chi connectivity index (χ0) is 13.3. The van der Waals surface area contributed by atoms with Crippen LogP contribution in [0, 0.1) is 0 Å². The first-order chi connectivity index (χ1) is 9.42. The second-order valence-electron chi connectivity index (χ2n) is 5.04. The summed E-state index contributed by atoms with van der Waals surface area (Å²) in [6, 6.07) is 6.20. The van der Waals surface area contributed by atoms with E-state index < -0.39 is 0 Å². The Morgan fingerprint density at radius 1 is 1.11 bits per heavy atom. The van der Waals surface area contributed by atoms with Gasteiger partial charge in [-0.2, -0.15) is 0 Å². The lowest BCUT2D eigenvalue weighted by Crippen LogP contribution is -2.18. The van der Waals surface area contributed by atoms with E-state index in [-0.39, 0.29) is 0 Å². The molecule has 4 nitrogen and oxygen atoms in total. The van der Waals surface area contributed by atoms with E-state index in [1.54, 1.807) is 0 Å². The number of aromatic nitrogens is 3. The molecule has 0 aliphatic heterocycles. The third-order valence-electron chi connectivity index (χ3n) is 3.47. The lowest BCUT2D eigenvalue weighted by molar-refractivity contribution is 0.584. The predicted octanol–water partition coefficient (Wildman–Crippen LogP) is 3.06. The SMILES string of the molecule is CCCCCCCNCCc1cccc2[nH]nnc12. The fourth-order valence-corrected chi connectivity index (χ4v) is 2.33. The molecule has 0 fully saturated rings. The molecule has 1 aromatic carbocycles. The highest BCUT2D eigenvalue weighted by molar-refractivity contribution is 5.77. The number of hydrogen-bond donors (Lipinski definition) is 2. The van der Waals surface area contributed by atoms with Crippen LogP contribution in [0.15, 0.2) is 18.2 Å². The molecule has 0 spiro atoms. The van der Waals surface area contributed by atoms with Gasteiger partial charge in [0.1, 0.15) is 5.52 Å². The van der Waals surface area contributed by atoms with Gasteiger partial charge in [-0.25, -0.2) is 0 Å². The van der Waals surface area contributed by atoms with E-state index in [2.05, 4.69) is 39.8 Å². The number of H-pyrrole nitrogens is 1. The average Bonchev–Trinajstić information content (AvgIpc) is 2.91. The van der Waals surface area contributed by atoms with Crippen LogP contribution >= 0.6 is 0 Å². The molecule has 0 atom stereocenters. The summed E-state index contributed by atoms with van der Waals surface area (Å²) in [6.07, 6.45) is 7.70. The highest BCUT2D eigenvalue weighted by Crippen LogP contribution is 2.13. The van der Waals surface area contributed by atoms with Gasteiger partial charge in [-0.3, -0.25) is 5.10 Å². The maximum absolute atomic E-state index is 4.13. The zero-order valence-corrected chi connectivity index (χ0v) is 11.8. The van der Waals surface area contributed by atoms with Crippen LogP contribution in [0.5, 0.6) is 0 Å². The Hall–Kier alpha value is -1.42. The van der Waals surface area contributed by atoms with Gasteiger partial charge in [-0.1, -0.05) is 50.0 Å². The summed E-state index contributed by atoms with van der Waals surface area (Å²) in [4.78, 5) is 0. The lowest BCUT2D eigenvalue weighted by Gasteiger charge is -2.05. The summed E-state index contributed by atoms with van der Waals surface area (Å²) in [6.45, 7) is 4.39.